The lowest BCUT2D eigenvalue weighted by Gasteiger charge is -2.12. The van der Waals surface area contributed by atoms with Gasteiger partial charge in [0.1, 0.15) is 6.04 Å². The van der Waals surface area contributed by atoms with Crippen LogP contribution in [0.3, 0.4) is 0 Å². The first-order valence-electron chi connectivity index (χ1n) is 5.70. The zero-order chi connectivity index (χ0) is 13.3. The zero-order valence-electron chi connectivity index (χ0n) is 10.3. The van der Waals surface area contributed by atoms with Gasteiger partial charge in [-0.05, 0) is 31.2 Å². The predicted molar refractivity (Wildman–Crippen MR) is 74.3 cm³/mol. The van der Waals surface area contributed by atoms with Crippen molar-refractivity contribution in [2.24, 2.45) is 5.73 Å². The molecule has 0 radical (unpaired) electrons. The topological polar surface area (TPSA) is 57.2 Å². The molecule has 0 saturated carbocycles. The van der Waals surface area contributed by atoms with Crippen molar-refractivity contribution >= 4 is 32.8 Å². The third-order valence-corrected chi connectivity index (χ3v) is 3.48. The molecule has 2 aromatic rings. The van der Waals surface area contributed by atoms with Crippen LogP contribution < -0.4 is 5.73 Å². The molecule has 0 amide bonds. The normalized spacial score (nSPS) is 12.7. The molecule has 2 N–H and O–H groups in total. The standard InChI is InChI=1S/C13H15BrN2O2/c1-3-16-10-5-4-9(14)6-8(10)7-11(16)12(15)13(17)18-2/h4-7,12H,3,15H2,1-2H3. The summed E-state index contributed by atoms with van der Waals surface area (Å²) in [6.07, 6.45) is 0. The quantitative estimate of drug-likeness (QED) is 0.887. The van der Waals surface area contributed by atoms with Crippen molar-refractivity contribution < 1.29 is 9.53 Å². The molecule has 0 aliphatic heterocycles. The minimum Gasteiger partial charge on any atom is -0.468 e. The summed E-state index contributed by atoms with van der Waals surface area (Å²) >= 11 is 3.44. The second-order valence-corrected chi connectivity index (χ2v) is 4.93. The molecule has 0 bridgehead atoms. The highest BCUT2D eigenvalue weighted by molar-refractivity contribution is 9.10. The van der Waals surface area contributed by atoms with Gasteiger partial charge in [-0.25, -0.2) is 4.79 Å². The van der Waals surface area contributed by atoms with E-state index in [1.54, 1.807) is 0 Å². The Morgan fingerprint density at radius 2 is 2.22 bits per heavy atom. The summed E-state index contributed by atoms with van der Waals surface area (Å²) in [6.45, 7) is 2.78. The van der Waals surface area contributed by atoms with Gasteiger partial charge in [0, 0.05) is 27.6 Å². The fourth-order valence-corrected chi connectivity index (χ4v) is 2.50. The van der Waals surface area contributed by atoms with E-state index in [0.29, 0.717) is 0 Å². The van der Waals surface area contributed by atoms with Gasteiger partial charge in [-0.3, -0.25) is 0 Å². The van der Waals surface area contributed by atoms with Gasteiger partial charge in [0.15, 0.2) is 0 Å². The smallest absolute Gasteiger partial charge is 0.328 e. The SMILES string of the molecule is CCn1c(C(N)C(=O)OC)cc2cc(Br)ccc21. The van der Waals surface area contributed by atoms with Crippen molar-refractivity contribution in [2.45, 2.75) is 19.5 Å². The minimum absolute atomic E-state index is 0.424. The summed E-state index contributed by atoms with van der Waals surface area (Å²) < 4.78 is 7.73. The number of esters is 1. The highest BCUT2D eigenvalue weighted by Gasteiger charge is 2.21. The Labute approximate surface area is 114 Å². The van der Waals surface area contributed by atoms with Crippen LogP contribution in [0.4, 0.5) is 0 Å². The van der Waals surface area contributed by atoms with Gasteiger partial charge in [-0.1, -0.05) is 15.9 Å². The Kier molecular flexibility index (Phi) is 3.73. The average molecular weight is 311 g/mol. The molecule has 0 saturated heterocycles. The molecule has 1 atom stereocenters. The van der Waals surface area contributed by atoms with Gasteiger partial charge in [0.25, 0.3) is 0 Å². The van der Waals surface area contributed by atoms with Crippen molar-refractivity contribution in [1.29, 1.82) is 0 Å². The third-order valence-electron chi connectivity index (χ3n) is 2.99. The van der Waals surface area contributed by atoms with Crippen LogP contribution in [0.15, 0.2) is 28.7 Å². The number of ether oxygens (including phenoxy) is 1. The molecule has 4 nitrogen and oxygen atoms in total. The number of carbonyl (C=O) groups excluding carboxylic acids is 1. The van der Waals surface area contributed by atoms with Crippen molar-refractivity contribution in [3.63, 3.8) is 0 Å². The number of hydrogen-bond acceptors (Lipinski definition) is 3. The molecule has 0 spiro atoms. The average Bonchev–Trinajstić information content (AvgIpc) is 2.74. The zero-order valence-corrected chi connectivity index (χ0v) is 11.9. The molecular weight excluding hydrogens is 296 g/mol. The monoisotopic (exact) mass is 310 g/mol. The van der Waals surface area contributed by atoms with Crippen LogP contribution in [0.25, 0.3) is 10.9 Å². The van der Waals surface area contributed by atoms with Crippen LogP contribution in [0.1, 0.15) is 18.7 Å². The summed E-state index contributed by atoms with van der Waals surface area (Å²) in [5, 5.41) is 1.06. The van der Waals surface area contributed by atoms with Gasteiger partial charge in [0.2, 0.25) is 0 Å². The van der Waals surface area contributed by atoms with E-state index in [-0.39, 0.29) is 0 Å². The third kappa shape index (κ3) is 2.15. The van der Waals surface area contributed by atoms with E-state index in [1.807, 2.05) is 35.8 Å². The number of aryl methyl sites for hydroxylation is 1. The summed E-state index contributed by atoms with van der Waals surface area (Å²) in [5.41, 5.74) is 7.76. The number of methoxy groups -OCH3 is 1. The van der Waals surface area contributed by atoms with Gasteiger partial charge < -0.3 is 15.0 Å². The molecule has 1 aromatic carbocycles. The molecule has 2 rings (SSSR count). The molecular formula is C13H15BrN2O2. The van der Waals surface area contributed by atoms with Crippen LogP contribution in [-0.4, -0.2) is 17.6 Å². The Hall–Kier alpha value is -1.33. The number of benzene rings is 1. The van der Waals surface area contributed by atoms with Crippen LogP contribution in [0, 0.1) is 0 Å². The number of fused-ring (bicyclic) bond motifs is 1. The van der Waals surface area contributed by atoms with Gasteiger partial charge in [0.05, 0.1) is 7.11 Å². The van der Waals surface area contributed by atoms with Crippen molar-refractivity contribution in [1.82, 2.24) is 4.57 Å². The van der Waals surface area contributed by atoms with Crippen LogP contribution in [0.5, 0.6) is 0 Å². The molecule has 0 aliphatic carbocycles. The Balaban J connectivity index is 2.60. The van der Waals surface area contributed by atoms with Gasteiger partial charge >= 0.3 is 5.97 Å². The van der Waals surface area contributed by atoms with E-state index in [9.17, 15) is 4.79 Å². The number of halogens is 1. The number of aromatic nitrogens is 1. The van der Waals surface area contributed by atoms with Crippen LogP contribution in [-0.2, 0) is 16.1 Å². The number of rotatable bonds is 3. The second-order valence-electron chi connectivity index (χ2n) is 4.02. The molecule has 1 aromatic heterocycles. The van der Waals surface area contributed by atoms with Crippen LogP contribution in [0.2, 0.25) is 0 Å². The van der Waals surface area contributed by atoms with E-state index in [1.165, 1.54) is 7.11 Å². The number of hydrogen-bond donors (Lipinski definition) is 1. The maximum absolute atomic E-state index is 11.6. The van der Waals surface area contributed by atoms with Crippen molar-refractivity contribution in [3.8, 4) is 0 Å². The first-order valence-corrected chi connectivity index (χ1v) is 6.50. The number of nitrogens with two attached hydrogens (primary N) is 1. The molecule has 18 heavy (non-hydrogen) atoms. The van der Waals surface area contributed by atoms with E-state index < -0.39 is 12.0 Å². The van der Waals surface area contributed by atoms with E-state index in [4.69, 9.17) is 10.5 Å². The van der Waals surface area contributed by atoms with Gasteiger partial charge in [-0.15, -0.1) is 0 Å². The first-order chi connectivity index (χ1) is 8.58. The Morgan fingerprint density at radius 3 is 2.83 bits per heavy atom. The Morgan fingerprint density at radius 1 is 1.50 bits per heavy atom. The first kappa shape index (κ1) is 13.1. The summed E-state index contributed by atoms with van der Waals surface area (Å²) in [6, 6.07) is 7.18. The summed E-state index contributed by atoms with van der Waals surface area (Å²) in [7, 11) is 1.34. The fraction of sp³-hybridized carbons (Fsp3) is 0.308. The van der Waals surface area contributed by atoms with Gasteiger partial charge in [-0.2, -0.15) is 0 Å². The molecule has 96 valence electrons. The fourth-order valence-electron chi connectivity index (χ4n) is 2.12. The lowest BCUT2D eigenvalue weighted by atomic mass is 10.2. The van der Waals surface area contributed by atoms with E-state index in [0.717, 1.165) is 27.6 Å². The maximum Gasteiger partial charge on any atom is 0.328 e. The molecule has 1 unspecified atom stereocenters. The lowest BCUT2D eigenvalue weighted by Crippen LogP contribution is -2.25. The summed E-state index contributed by atoms with van der Waals surface area (Å²) in [5.74, 6) is -0.424. The molecule has 5 heteroatoms. The van der Waals surface area contributed by atoms with Crippen molar-refractivity contribution in [3.05, 3.63) is 34.4 Å². The second kappa shape index (κ2) is 5.12. The number of nitrogens with zero attached hydrogens (tertiary/aromatic N) is 1. The molecule has 0 aliphatic rings. The number of carbonyl (C=O) groups is 1. The Bertz CT molecular complexity index is 592. The van der Waals surface area contributed by atoms with E-state index in [2.05, 4.69) is 15.9 Å². The maximum atomic E-state index is 11.6. The molecule has 0 fully saturated rings. The van der Waals surface area contributed by atoms with E-state index >= 15 is 0 Å². The predicted octanol–water partition coefficient (Wildman–Crippen LogP) is 2.60. The lowest BCUT2D eigenvalue weighted by molar-refractivity contribution is -0.142. The minimum atomic E-state index is -0.749. The highest BCUT2D eigenvalue weighted by atomic mass is 79.9. The highest BCUT2D eigenvalue weighted by Crippen LogP contribution is 2.26. The van der Waals surface area contributed by atoms with Crippen molar-refractivity contribution in [2.75, 3.05) is 7.11 Å². The largest absolute Gasteiger partial charge is 0.468 e. The molecule has 1 heterocycles. The van der Waals surface area contributed by atoms with Crippen LogP contribution >= 0.6 is 15.9 Å². The summed E-state index contributed by atoms with van der Waals surface area (Å²) in [4.78, 5) is 11.6.